The number of hydrogen-bond acceptors (Lipinski definition) is 3. The van der Waals surface area contributed by atoms with Gasteiger partial charge in [-0.05, 0) is 42.5 Å². The summed E-state index contributed by atoms with van der Waals surface area (Å²) in [7, 11) is 0. The number of nitrogens with zero attached hydrogens (tertiary/aromatic N) is 1. The number of pyridine rings is 1. The molecule has 0 bridgehead atoms. The van der Waals surface area contributed by atoms with Crippen molar-refractivity contribution in [1.82, 2.24) is 4.98 Å². The predicted molar refractivity (Wildman–Crippen MR) is 93.3 cm³/mol. The number of benzene rings is 2. The molecule has 4 nitrogen and oxygen atoms in total. The van der Waals surface area contributed by atoms with Crippen molar-refractivity contribution >= 4 is 23.1 Å². The molecule has 0 radical (unpaired) electrons. The van der Waals surface area contributed by atoms with Crippen LogP contribution in [0, 0.1) is 5.82 Å². The van der Waals surface area contributed by atoms with Crippen LogP contribution in [0.4, 0.5) is 34.8 Å². The molecule has 3 aromatic rings. The highest BCUT2D eigenvalue weighted by molar-refractivity contribution is 6.04. The molecule has 2 N–H and O–H groups in total. The van der Waals surface area contributed by atoms with Crippen molar-refractivity contribution < 1.29 is 22.4 Å². The Morgan fingerprint density at radius 1 is 0.963 bits per heavy atom. The van der Waals surface area contributed by atoms with Crippen molar-refractivity contribution in [2.45, 2.75) is 6.18 Å². The van der Waals surface area contributed by atoms with Crippen LogP contribution in [0.15, 0.2) is 66.9 Å². The van der Waals surface area contributed by atoms with E-state index in [1.807, 2.05) is 0 Å². The standard InChI is InChI=1S/C19H13F4N3O/c20-13-5-3-4-12(10-13)18(27)25-14-8-9-17(24-11-14)26-16-7-2-1-6-15(16)19(21,22)23/h1-11H,(H,24,26)(H,25,27). The predicted octanol–water partition coefficient (Wildman–Crippen LogP) is 5.24. The maximum atomic E-state index is 13.2. The Morgan fingerprint density at radius 3 is 2.41 bits per heavy atom. The van der Waals surface area contributed by atoms with Gasteiger partial charge in [0.15, 0.2) is 0 Å². The van der Waals surface area contributed by atoms with Crippen LogP contribution in [0.5, 0.6) is 0 Å². The number of carbonyl (C=O) groups is 1. The van der Waals surface area contributed by atoms with Gasteiger partial charge in [-0.25, -0.2) is 9.37 Å². The van der Waals surface area contributed by atoms with Gasteiger partial charge in [0.25, 0.3) is 5.91 Å². The molecule has 0 unspecified atom stereocenters. The molecule has 2 aromatic carbocycles. The molecule has 138 valence electrons. The first-order valence-corrected chi connectivity index (χ1v) is 7.79. The van der Waals surface area contributed by atoms with E-state index >= 15 is 0 Å². The lowest BCUT2D eigenvalue weighted by Gasteiger charge is -2.14. The normalized spacial score (nSPS) is 11.1. The van der Waals surface area contributed by atoms with E-state index in [4.69, 9.17) is 0 Å². The number of halogens is 4. The monoisotopic (exact) mass is 375 g/mol. The summed E-state index contributed by atoms with van der Waals surface area (Å²) in [6.45, 7) is 0. The number of rotatable bonds is 4. The fourth-order valence-corrected chi connectivity index (χ4v) is 2.35. The van der Waals surface area contributed by atoms with Gasteiger partial charge >= 0.3 is 6.18 Å². The minimum atomic E-state index is -4.50. The van der Waals surface area contributed by atoms with E-state index in [0.717, 1.165) is 12.1 Å². The molecular weight excluding hydrogens is 362 g/mol. The Kier molecular flexibility index (Phi) is 5.07. The first-order chi connectivity index (χ1) is 12.8. The molecule has 0 atom stereocenters. The molecular formula is C19H13F4N3O. The van der Waals surface area contributed by atoms with E-state index in [1.165, 1.54) is 54.7 Å². The van der Waals surface area contributed by atoms with Crippen LogP contribution in [0.25, 0.3) is 0 Å². The molecule has 0 aliphatic rings. The molecule has 0 aliphatic heterocycles. The summed E-state index contributed by atoms with van der Waals surface area (Å²) in [6.07, 6.45) is -3.21. The maximum absolute atomic E-state index is 13.2. The molecule has 3 rings (SSSR count). The Morgan fingerprint density at radius 2 is 1.74 bits per heavy atom. The van der Waals surface area contributed by atoms with E-state index < -0.39 is 23.5 Å². The van der Waals surface area contributed by atoms with Gasteiger partial charge in [0.05, 0.1) is 23.1 Å². The van der Waals surface area contributed by atoms with Gasteiger partial charge in [0.1, 0.15) is 11.6 Å². The lowest BCUT2D eigenvalue weighted by molar-refractivity contribution is -0.136. The van der Waals surface area contributed by atoms with Gasteiger partial charge in [-0.2, -0.15) is 13.2 Å². The molecule has 1 amide bonds. The molecule has 0 saturated heterocycles. The lowest BCUT2D eigenvalue weighted by Crippen LogP contribution is -2.12. The molecule has 0 spiro atoms. The summed E-state index contributed by atoms with van der Waals surface area (Å²) in [5.74, 6) is -0.890. The van der Waals surface area contributed by atoms with E-state index in [-0.39, 0.29) is 17.1 Å². The highest BCUT2D eigenvalue weighted by atomic mass is 19.4. The van der Waals surface area contributed by atoms with Crippen molar-refractivity contribution in [1.29, 1.82) is 0 Å². The van der Waals surface area contributed by atoms with Gasteiger partial charge in [0, 0.05) is 5.56 Å². The number of nitrogens with one attached hydrogen (secondary N) is 2. The van der Waals surface area contributed by atoms with Gasteiger partial charge < -0.3 is 10.6 Å². The van der Waals surface area contributed by atoms with Crippen LogP contribution in [-0.4, -0.2) is 10.9 Å². The van der Waals surface area contributed by atoms with Crippen molar-refractivity contribution in [3.05, 3.63) is 83.8 Å². The average molecular weight is 375 g/mol. The Hall–Kier alpha value is -3.42. The number of alkyl halides is 3. The summed E-state index contributed by atoms with van der Waals surface area (Å²) < 4.78 is 52.2. The number of anilines is 3. The lowest BCUT2D eigenvalue weighted by atomic mass is 10.1. The van der Waals surface area contributed by atoms with Crippen molar-refractivity contribution in [2.24, 2.45) is 0 Å². The first kappa shape index (κ1) is 18.4. The molecule has 0 aliphatic carbocycles. The Balaban J connectivity index is 1.72. The van der Waals surface area contributed by atoms with Crippen LogP contribution >= 0.6 is 0 Å². The summed E-state index contributed by atoms with van der Waals surface area (Å²) in [5.41, 5.74) is -0.487. The SMILES string of the molecule is O=C(Nc1ccc(Nc2ccccc2C(F)(F)F)nc1)c1cccc(F)c1. The maximum Gasteiger partial charge on any atom is 0.418 e. The second-order valence-electron chi connectivity index (χ2n) is 5.56. The third-order valence-corrected chi connectivity index (χ3v) is 3.60. The zero-order valence-corrected chi connectivity index (χ0v) is 13.7. The second kappa shape index (κ2) is 7.45. The molecule has 27 heavy (non-hydrogen) atoms. The quantitative estimate of drug-likeness (QED) is 0.614. The zero-order valence-electron chi connectivity index (χ0n) is 13.7. The fraction of sp³-hybridized carbons (Fsp3) is 0.0526. The largest absolute Gasteiger partial charge is 0.418 e. The fourth-order valence-electron chi connectivity index (χ4n) is 2.35. The summed E-state index contributed by atoms with van der Waals surface area (Å²) >= 11 is 0. The summed E-state index contributed by atoms with van der Waals surface area (Å²) in [5, 5.41) is 5.14. The van der Waals surface area contributed by atoms with Crippen molar-refractivity contribution in [3.8, 4) is 0 Å². The molecule has 0 fully saturated rings. The molecule has 1 heterocycles. The van der Waals surface area contributed by atoms with Gasteiger partial charge in [-0.1, -0.05) is 18.2 Å². The van der Waals surface area contributed by atoms with E-state index in [1.54, 1.807) is 0 Å². The smallest absolute Gasteiger partial charge is 0.340 e. The number of para-hydroxylation sites is 1. The second-order valence-corrected chi connectivity index (χ2v) is 5.56. The van der Waals surface area contributed by atoms with E-state index in [9.17, 15) is 22.4 Å². The number of aromatic nitrogens is 1. The highest BCUT2D eigenvalue weighted by Crippen LogP contribution is 2.35. The van der Waals surface area contributed by atoms with Crippen molar-refractivity contribution in [2.75, 3.05) is 10.6 Å². The van der Waals surface area contributed by atoms with Crippen molar-refractivity contribution in [3.63, 3.8) is 0 Å². The molecule has 1 aromatic heterocycles. The Bertz CT molecular complexity index is 956. The van der Waals surface area contributed by atoms with Crippen LogP contribution in [0.1, 0.15) is 15.9 Å². The number of carbonyl (C=O) groups excluding carboxylic acids is 1. The number of amides is 1. The van der Waals surface area contributed by atoms with Crippen LogP contribution in [0.2, 0.25) is 0 Å². The average Bonchev–Trinajstić information content (AvgIpc) is 2.63. The third kappa shape index (κ3) is 4.60. The Labute approximate surface area is 151 Å². The minimum absolute atomic E-state index is 0.131. The minimum Gasteiger partial charge on any atom is -0.340 e. The van der Waals surface area contributed by atoms with Gasteiger partial charge in [-0.15, -0.1) is 0 Å². The molecule has 8 heteroatoms. The zero-order chi connectivity index (χ0) is 19.4. The van der Waals surface area contributed by atoms with E-state index in [0.29, 0.717) is 5.69 Å². The van der Waals surface area contributed by atoms with Crippen LogP contribution in [-0.2, 0) is 6.18 Å². The van der Waals surface area contributed by atoms with Crippen LogP contribution < -0.4 is 10.6 Å². The highest BCUT2D eigenvalue weighted by Gasteiger charge is 2.33. The summed E-state index contributed by atoms with van der Waals surface area (Å²) in [6, 6.07) is 13.1. The van der Waals surface area contributed by atoms with Gasteiger partial charge in [-0.3, -0.25) is 4.79 Å². The van der Waals surface area contributed by atoms with Gasteiger partial charge in [0.2, 0.25) is 0 Å². The van der Waals surface area contributed by atoms with Crippen LogP contribution in [0.3, 0.4) is 0 Å². The number of hydrogen-bond donors (Lipinski definition) is 2. The first-order valence-electron chi connectivity index (χ1n) is 7.79. The molecule has 0 saturated carbocycles. The summed E-state index contributed by atoms with van der Waals surface area (Å²) in [4.78, 5) is 16.0. The topological polar surface area (TPSA) is 54.0 Å². The van der Waals surface area contributed by atoms with E-state index in [2.05, 4.69) is 15.6 Å². The third-order valence-electron chi connectivity index (χ3n) is 3.60.